The minimum atomic E-state index is -0.0790. The van der Waals surface area contributed by atoms with Crippen molar-refractivity contribution >= 4 is 17.5 Å². The lowest BCUT2D eigenvalue weighted by atomic mass is 10.1. The second-order valence-electron chi connectivity index (χ2n) is 5.05. The molecule has 0 aromatic heterocycles. The SMILES string of the molecule is CCN(Cc1cccc(Cl)c1)C(=O)c1cc(OC)cc(OC)c1. The summed E-state index contributed by atoms with van der Waals surface area (Å²) in [4.78, 5) is 14.5. The zero-order valence-electron chi connectivity index (χ0n) is 13.5. The average molecular weight is 334 g/mol. The molecule has 0 atom stereocenters. The summed E-state index contributed by atoms with van der Waals surface area (Å²) < 4.78 is 10.5. The maximum atomic E-state index is 12.8. The Balaban J connectivity index is 2.25. The summed E-state index contributed by atoms with van der Waals surface area (Å²) >= 11 is 6.01. The van der Waals surface area contributed by atoms with E-state index in [1.807, 2.05) is 31.2 Å². The minimum absolute atomic E-state index is 0.0790. The summed E-state index contributed by atoms with van der Waals surface area (Å²) in [5, 5.41) is 0.661. The van der Waals surface area contributed by atoms with Crippen molar-refractivity contribution in [2.45, 2.75) is 13.5 Å². The van der Waals surface area contributed by atoms with Crippen molar-refractivity contribution in [2.24, 2.45) is 0 Å². The Kier molecular flexibility index (Phi) is 5.88. The van der Waals surface area contributed by atoms with Crippen molar-refractivity contribution in [3.63, 3.8) is 0 Å². The molecule has 23 heavy (non-hydrogen) atoms. The molecule has 0 heterocycles. The summed E-state index contributed by atoms with van der Waals surface area (Å²) in [6.45, 7) is 3.03. The van der Waals surface area contributed by atoms with E-state index >= 15 is 0 Å². The number of carbonyl (C=O) groups is 1. The molecular weight excluding hydrogens is 314 g/mol. The fourth-order valence-corrected chi connectivity index (χ4v) is 2.51. The molecule has 0 spiro atoms. The molecule has 0 aliphatic carbocycles. The summed E-state index contributed by atoms with van der Waals surface area (Å²) in [5.41, 5.74) is 1.52. The number of benzene rings is 2. The van der Waals surface area contributed by atoms with Gasteiger partial charge in [-0.25, -0.2) is 0 Å². The van der Waals surface area contributed by atoms with Gasteiger partial charge in [0.25, 0.3) is 5.91 Å². The lowest BCUT2D eigenvalue weighted by Gasteiger charge is -2.22. The first kappa shape index (κ1) is 17.2. The smallest absolute Gasteiger partial charge is 0.254 e. The summed E-state index contributed by atoms with van der Waals surface area (Å²) in [7, 11) is 3.12. The Labute approximate surface area is 141 Å². The van der Waals surface area contributed by atoms with Gasteiger partial charge in [0.15, 0.2) is 0 Å². The van der Waals surface area contributed by atoms with Gasteiger partial charge in [0.2, 0.25) is 0 Å². The van der Waals surface area contributed by atoms with Crippen LogP contribution in [0.25, 0.3) is 0 Å². The summed E-state index contributed by atoms with van der Waals surface area (Å²) in [6.07, 6.45) is 0. The lowest BCUT2D eigenvalue weighted by molar-refractivity contribution is 0.0752. The van der Waals surface area contributed by atoms with Crippen LogP contribution < -0.4 is 9.47 Å². The van der Waals surface area contributed by atoms with E-state index in [0.717, 1.165) is 5.56 Å². The minimum Gasteiger partial charge on any atom is -0.497 e. The van der Waals surface area contributed by atoms with E-state index in [-0.39, 0.29) is 5.91 Å². The molecule has 0 saturated heterocycles. The Morgan fingerprint density at radius 2 is 1.74 bits per heavy atom. The van der Waals surface area contributed by atoms with Crippen molar-refractivity contribution < 1.29 is 14.3 Å². The second kappa shape index (κ2) is 7.88. The van der Waals surface area contributed by atoms with Crippen LogP contribution in [0.5, 0.6) is 11.5 Å². The number of hydrogen-bond acceptors (Lipinski definition) is 3. The van der Waals surface area contributed by atoms with Gasteiger partial charge in [0.05, 0.1) is 14.2 Å². The zero-order valence-corrected chi connectivity index (χ0v) is 14.3. The highest BCUT2D eigenvalue weighted by Crippen LogP contribution is 2.24. The molecule has 2 rings (SSSR count). The lowest BCUT2D eigenvalue weighted by Crippen LogP contribution is -2.30. The topological polar surface area (TPSA) is 38.8 Å². The third-order valence-electron chi connectivity index (χ3n) is 3.53. The largest absolute Gasteiger partial charge is 0.497 e. The van der Waals surface area contributed by atoms with Crippen LogP contribution in [-0.4, -0.2) is 31.6 Å². The van der Waals surface area contributed by atoms with Crippen molar-refractivity contribution in [2.75, 3.05) is 20.8 Å². The first-order valence-electron chi connectivity index (χ1n) is 7.34. The summed E-state index contributed by atoms with van der Waals surface area (Å²) in [5.74, 6) is 1.10. The molecule has 122 valence electrons. The number of rotatable bonds is 6. The third kappa shape index (κ3) is 4.39. The molecule has 0 aliphatic rings. The van der Waals surface area contributed by atoms with Gasteiger partial charge in [-0.1, -0.05) is 23.7 Å². The number of amides is 1. The molecule has 0 radical (unpaired) electrons. The van der Waals surface area contributed by atoms with Gasteiger partial charge in [0.1, 0.15) is 11.5 Å². The van der Waals surface area contributed by atoms with Crippen LogP contribution >= 0.6 is 11.6 Å². The highest BCUT2D eigenvalue weighted by atomic mass is 35.5. The van der Waals surface area contributed by atoms with Crippen molar-refractivity contribution in [3.05, 3.63) is 58.6 Å². The number of nitrogens with zero attached hydrogens (tertiary/aromatic N) is 1. The van der Waals surface area contributed by atoms with Crippen LogP contribution in [0, 0.1) is 0 Å². The van der Waals surface area contributed by atoms with Crippen LogP contribution in [0.15, 0.2) is 42.5 Å². The van der Waals surface area contributed by atoms with Gasteiger partial charge in [-0.05, 0) is 36.8 Å². The van der Waals surface area contributed by atoms with Crippen molar-refractivity contribution in [3.8, 4) is 11.5 Å². The molecule has 0 bridgehead atoms. The van der Waals surface area contributed by atoms with Crippen LogP contribution in [-0.2, 0) is 6.54 Å². The molecule has 0 saturated carbocycles. The van der Waals surface area contributed by atoms with E-state index in [4.69, 9.17) is 21.1 Å². The van der Waals surface area contributed by atoms with Gasteiger partial charge < -0.3 is 14.4 Å². The zero-order chi connectivity index (χ0) is 16.8. The second-order valence-corrected chi connectivity index (χ2v) is 5.49. The first-order chi connectivity index (χ1) is 11.1. The van der Waals surface area contributed by atoms with E-state index in [2.05, 4.69) is 0 Å². The normalized spacial score (nSPS) is 10.3. The van der Waals surface area contributed by atoms with E-state index in [1.165, 1.54) is 0 Å². The fraction of sp³-hybridized carbons (Fsp3) is 0.278. The van der Waals surface area contributed by atoms with Gasteiger partial charge in [-0.2, -0.15) is 0 Å². The molecule has 4 nitrogen and oxygen atoms in total. The predicted octanol–water partition coefficient (Wildman–Crippen LogP) is 4.02. The van der Waals surface area contributed by atoms with Gasteiger partial charge in [-0.3, -0.25) is 4.79 Å². The maximum Gasteiger partial charge on any atom is 0.254 e. The highest BCUT2D eigenvalue weighted by Gasteiger charge is 2.17. The molecule has 2 aromatic rings. The van der Waals surface area contributed by atoms with Crippen LogP contribution in [0.2, 0.25) is 5.02 Å². The van der Waals surface area contributed by atoms with E-state index in [0.29, 0.717) is 35.2 Å². The van der Waals surface area contributed by atoms with Crippen molar-refractivity contribution in [1.82, 2.24) is 4.90 Å². The number of hydrogen-bond donors (Lipinski definition) is 0. The molecule has 0 unspecified atom stereocenters. The van der Waals surface area contributed by atoms with Crippen molar-refractivity contribution in [1.29, 1.82) is 0 Å². The van der Waals surface area contributed by atoms with Gasteiger partial charge >= 0.3 is 0 Å². The standard InChI is InChI=1S/C18H20ClNO3/c1-4-20(12-13-6-5-7-15(19)8-13)18(21)14-9-16(22-2)11-17(10-14)23-3/h5-11H,4,12H2,1-3H3. The van der Waals surface area contributed by atoms with Gasteiger partial charge in [0, 0.05) is 29.7 Å². The quantitative estimate of drug-likeness (QED) is 0.801. The van der Waals surface area contributed by atoms with Gasteiger partial charge in [-0.15, -0.1) is 0 Å². The fourth-order valence-electron chi connectivity index (χ4n) is 2.30. The molecule has 2 aromatic carbocycles. The predicted molar refractivity (Wildman–Crippen MR) is 91.4 cm³/mol. The van der Waals surface area contributed by atoms with Crippen LogP contribution in [0.3, 0.4) is 0 Å². The van der Waals surface area contributed by atoms with Crippen LogP contribution in [0.4, 0.5) is 0 Å². The molecule has 0 N–H and O–H groups in total. The van der Waals surface area contributed by atoms with E-state index in [9.17, 15) is 4.79 Å². The Bertz CT molecular complexity index is 665. The highest BCUT2D eigenvalue weighted by molar-refractivity contribution is 6.30. The molecule has 5 heteroatoms. The first-order valence-corrected chi connectivity index (χ1v) is 7.72. The Morgan fingerprint density at radius 1 is 1.09 bits per heavy atom. The van der Waals surface area contributed by atoms with E-state index < -0.39 is 0 Å². The Hall–Kier alpha value is -2.20. The Morgan fingerprint density at radius 3 is 2.26 bits per heavy atom. The molecule has 1 amide bonds. The maximum absolute atomic E-state index is 12.8. The molecule has 0 fully saturated rings. The molecule has 0 aliphatic heterocycles. The average Bonchev–Trinajstić information content (AvgIpc) is 2.58. The number of methoxy groups -OCH3 is 2. The third-order valence-corrected chi connectivity index (χ3v) is 3.76. The van der Waals surface area contributed by atoms with E-state index in [1.54, 1.807) is 37.3 Å². The number of carbonyl (C=O) groups excluding carboxylic acids is 1. The van der Waals surface area contributed by atoms with Crippen LogP contribution in [0.1, 0.15) is 22.8 Å². The number of halogens is 1. The summed E-state index contributed by atoms with van der Waals surface area (Å²) in [6, 6.07) is 12.7. The number of ether oxygens (including phenoxy) is 2. The molecular formula is C18H20ClNO3. The monoisotopic (exact) mass is 333 g/mol.